The van der Waals surface area contributed by atoms with Crippen LogP contribution >= 0.6 is 0 Å². The van der Waals surface area contributed by atoms with Gasteiger partial charge in [-0.25, -0.2) is 4.79 Å². The van der Waals surface area contributed by atoms with Crippen LogP contribution in [0, 0.1) is 0 Å². The molecule has 0 atom stereocenters. The monoisotopic (exact) mass is 361 g/mol. The highest BCUT2D eigenvalue weighted by molar-refractivity contribution is 6.02. The number of hydrogen-bond acceptors (Lipinski definition) is 5. The Hall–Kier alpha value is -2.61. The Morgan fingerprint density at radius 2 is 2.12 bits per heavy atom. The van der Waals surface area contributed by atoms with Gasteiger partial charge >= 0.3 is 6.03 Å². The molecule has 2 fully saturated rings. The van der Waals surface area contributed by atoms with E-state index >= 15 is 0 Å². The number of hydrogen-bond donors (Lipinski definition) is 0. The molecule has 26 heavy (non-hydrogen) atoms. The zero-order valence-corrected chi connectivity index (χ0v) is 14.8. The first kappa shape index (κ1) is 18.2. The molecule has 0 N–H and O–H groups in total. The van der Waals surface area contributed by atoms with Gasteiger partial charge in [-0.1, -0.05) is 0 Å². The lowest BCUT2D eigenvalue weighted by atomic mass is 10.0. The normalized spacial score (nSPS) is 19.2. The summed E-state index contributed by atoms with van der Waals surface area (Å²) < 4.78 is 10.1. The Kier molecular flexibility index (Phi) is 5.72. The molecule has 0 radical (unpaired) electrons. The Morgan fingerprint density at radius 1 is 1.35 bits per heavy atom. The standard InChI is InChI=1S/C18H23N3O5/c1-25-12-10-20-17(23)13-21(18(20)24)14-6-8-19(9-7-14)16(22)5-4-15-3-2-11-26-15/h2-5,11,14H,6-10,12-13H2,1H3. The second-order valence-corrected chi connectivity index (χ2v) is 6.35. The molecule has 2 saturated heterocycles. The van der Waals surface area contributed by atoms with Crippen LogP contribution in [0.2, 0.25) is 0 Å². The van der Waals surface area contributed by atoms with Crippen LogP contribution < -0.4 is 0 Å². The van der Waals surface area contributed by atoms with Crippen molar-refractivity contribution in [2.24, 2.45) is 0 Å². The summed E-state index contributed by atoms with van der Waals surface area (Å²) in [6.45, 7) is 1.84. The van der Waals surface area contributed by atoms with E-state index in [1.165, 1.54) is 18.1 Å². The maximum atomic E-state index is 12.4. The molecule has 8 nitrogen and oxygen atoms in total. The summed E-state index contributed by atoms with van der Waals surface area (Å²) in [5, 5.41) is 0. The highest BCUT2D eigenvalue weighted by Crippen LogP contribution is 2.22. The van der Waals surface area contributed by atoms with Crippen molar-refractivity contribution in [2.45, 2.75) is 18.9 Å². The minimum Gasteiger partial charge on any atom is -0.465 e. The Balaban J connectivity index is 1.51. The topological polar surface area (TPSA) is 83.3 Å². The largest absolute Gasteiger partial charge is 0.465 e. The first-order valence-electron chi connectivity index (χ1n) is 8.70. The van der Waals surface area contributed by atoms with Gasteiger partial charge in [0, 0.05) is 32.3 Å². The number of imide groups is 1. The van der Waals surface area contributed by atoms with Crippen LogP contribution in [0.3, 0.4) is 0 Å². The minimum atomic E-state index is -0.255. The lowest BCUT2D eigenvalue weighted by Crippen LogP contribution is -2.47. The molecule has 0 aromatic carbocycles. The number of piperidine rings is 1. The summed E-state index contributed by atoms with van der Waals surface area (Å²) in [4.78, 5) is 41.3. The van der Waals surface area contributed by atoms with Crippen LogP contribution in [0.1, 0.15) is 18.6 Å². The van der Waals surface area contributed by atoms with Crippen molar-refractivity contribution < 1.29 is 23.5 Å². The van der Waals surface area contributed by atoms with Crippen molar-refractivity contribution in [1.29, 1.82) is 0 Å². The van der Waals surface area contributed by atoms with Crippen molar-refractivity contribution in [3.8, 4) is 0 Å². The van der Waals surface area contributed by atoms with E-state index in [0.29, 0.717) is 38.3 Å². The van der Waals surface area contributed by atoms with E-state index in [4.69, 9.17) is 9.15 Å². The Morgan fingerprint density at radius 3 is 2.77 bits per heavy atom. The molecule has 0 aliphatic carbocycles. The Bertz CT molecular complexity index is 677. The van der Waals surface area contributed by atoms with Crippen molar-refractivity contribution in [3.05, 3.63) is 30.2 Å². The smallest absolute Gasteiger partial charge is 0.327 e. The second kappa shape index (κ2) is 8.18. The number of rotatable bonds is 6. The predicted molar refractivity (Wildman–Crippen MR) is 93.0 cm³/mol. The zero-order chi connectivity index (χ0) is 18.5. The number of nitrogens with zero attached hydrogens (tertiary/aromatic N) is 3. The molecule has 1 aromatic heterocycles. The number of methoxy groups -OCH3 is 1. The molecular formula is C18H23N3O5. The van der Waals surface area contributed by atoms with Crippen molar-refractivity contribution in [3.63, 3.8) is 0 Å². The van der Waals surface area contributed by atoms with Gasteiger partial charge in [-0.2, -0.15) is 0 Å². The average molecular weight is 361 g/mol. The molecule has 4 amide bonds. The molecular weight excluding hydrogens is 338 g/mol. The molecule has 140 valence electrons. The van der Waals surface area contributed by atoms with Crippen LogP contribution in [0.15, 0.2) is 28.9 Å². The quantitative estimate of drug-likeness (QED) is 0.561. The second-order valence-electron chi connectivity index (χ2n) is 6.35. The van der Waals surface area contributed by atoms with E-state index < -0.39 is 0 Å². The average Bonchev–Trinajstić information content (AvgIpc) is 3.27. The van der Waals surface area contributed by atoms with Gasteiger partial charge in [0.25, 0.3) is 0 Å². The minimum absolute atomic E-state index is 0.0166. The molecule has 0 spiro atoms. The fourth-order valence-corrected chi connectivity index (χ4v) is 3.29. The number of carbonyl (C=O) groups is 3. The maximum Gasteiger partial charge on any atom is 0.327 e. The molecule has 0 saturated carbocycles. The van der Waals surface area contributed by atoms with Crippen LogP contribution in [-0.2, 0) is 14.3 Å². The molecule has 8 heteroatoms. The fourth-order valence-electron chi connectivity index (χ4n) is 3.29. The number of amides is 4. The van der Waals surface area contributed by atoms with Crippen LogP contribution in [0.25, 0.3) is 6.08 Å². The van der Waals surface area contributed by atoms with E-state index in [-0.39, 0.29) is 37.0 Å². The number of urea groups is 1. The summed E-state index contributed by atoms with van der Waals surface area (Å²) in [5.41, 5.74) is 0. The first-order valence-corrected chi connectivity index (χ1v) is 8.70. The van der Waals surface area contributed by atoms with Crippen LogP contribution in [0.4, 0.5) is 4.79 Å². The molecule has 2 aliphatic heterocycles. The molecule has 2 aliphatic rings. The summed E-state index contributed by atoms with van der Waals surface area (Å²) in [6, 6.07) is 3.27. The molecule has 0 unspecified atom stereocenters. The van der Waals surface area contributed by atoms with E-state index in [0.717, 1.165) is 0 Å². The summed E-state index contributed by atoms with van der Waals surface area (Å²) >= 11 is 0. The van der Waals surface area contributed by atoms with Crippen molar-refractivity contribution in [2.75, 3.05) is 39.9 Å². The van der Waals surface area contributed by atoms with E-state index in [2.05, 4.69) is 0 Å². The van der Waals surface area contributed by atoms with E-state index in [1.807, 2.05) is 0 Å². The third kappa shape index (κ3) is 3.96. The molecule has 1 aromatic rings. The van der Waals surface area contributed by atoms with Crippen molar-refractivity contribution in [1.82, 2.24) is 14.7 Å². The van der Waals surface area contributed by atoms with Gasteiger partial charge < -0.3 is 19.0 Å². The summed E-state index contributed by atoms with van der Waals surface area (Å²) in [6.07, 6.45) is 6.02. The SMILES string of the molecule is COCCN1C(=O)CN(C2CCN(C(=O)C=Cc3ccco3)CC2)C1=O. The third-order valence-electron chi connectivity index (χ3n) is 4.75. The van der Waals surface area contributed by atoms with E-state index in [9.17, 15) is 14.4 Å². The number of carbonyl (C=O) groups excluding carboxylic acids is 3. The Labute approximate surface area is 152 Å². The first-order chi connectivity index (χ1) is 12.6. The van der Waals surface area contributed by atoms with E-state index in [1.54, 1.807) is 34.3 Å². The number of ether oxygens (including phenoxy) is 1. The summed E-state index contributed by atoms with van der Waals surface area (Å²) in [7, 11) is 1.54. The number of likely N-dealkylation sites (tertiary alicyclic amines) is 1. The van der Waals surface area contributed by atoms with Gasteiger partial charge in [0.2, 0.25) is 11.8 Å². The van der Waals surface area contributed by atoms with Crippen LogP contribution in [-0.4, -0.2) is 78.5 Å². The fraction of sp³-hybridized carbons (Fsp3) is 0.500. The van der Waals surface area contributed by atoms with Crippen molar-refractivity contribution >= 4 is 23.9 Å². The third-order valence-corrected chi connectivity index (χ3v) is 4.75. The summed E-state index contributed by atoms with van der Waals surface area (Å²) in [5.74, 6) is 0.364. The van der Waals surface area contributed by atoms with Gasteiger partial charge in [-0.15, -0.1) is 0 Å². The van der Waals surface area contributed by atoms with Gasteiger partial charge in [-0.3, -0.25) is 14.5 Å². The van der Waals surface area contributed by atoms with Gasteiger partial charge in [0.1, 0.15) is 12.3 Å². The zero-order valence-electron chi connectivity index (χ0n) is 14.8. The molecule has 3 rings (SSSR count). The van der Waals surface area contributed by atoms with Gasteiger partial charge in [0.05, 0.1) is 19.4 Å². The lowest BCUT2D eigenvalue weighted by Gasteiger charge is -2.35. The van der Waals surface area contributed by atoms with Gasteiger partial charge in [0.15, 0.2) is 0 Å². The number of furan rings is 1. The highest BCUT2D eigenvalue weighted by Gasteiger charge is 2.40. The van der Waals surface area contributed by atoms with Gasteiger partial charge in [-0.05, 0) is 31.1 Å². The highest BCUT2D eigenvalue weighted by atomic mass is 16.5. The lowest BCUT2D eigenvalue weighted by molar-refractivity contribution is -0.128. The maximum absolute atomic E-state index is 12.4. The molecule has 0 bridgehead atoms. The predicted octanol–water partition coefficient (Wildman–Crippen LogP) is 1.19. The van der Waals surface area contributed by atoms with Crippen LogP contribution in [0.5, 0.6) is 0 Å². The molecule has 3 heterocycles.